The lowest BCUT2D eigenvalue weighted by Gasteiger charge is -2.13. The Hall–Kier alpha value is -3.64. The van der Waals surface area contributed by atoms with Gasteiger partial charge in [0.25, 0.3) is 5.91 Å². The Labute approximate surface area is 177 Å². The van der Waals surface area contributed by atoms with Gasteiger partial charge in [-0.2, -0.15) is 0 Å². The fraction of sp³-hybridized carbons (Fsp3) is 0.0435. The number of methoxy groups -OCH3 is 1. The molecule has 0 bridgehead atoms. The minimum absolute atomic E-state index is 0.124. The van der Waals surface area contributed by atoms with Crippen molar-refractivity contribution >= 4 is 45.5 Å². The number of carbonyl (C=O) groups excluding carboxylic acids is 1. The zero-order valence-corrected chi connectivity index (χ0v) is 16.7. The first-order chi connectivity index (χ1) is 14.5. The summed E-state index contributed by atoms with van der Waals surface area (Å²) in [7, 11) is 1.61. The molecule has 4 aromatic rings. The molecule has 1 heterocycles. The van der Waals surface area contributed by atoms with E-state index in [1.54, 1.807) is 7.11 Å². The standard InChI is InChI=1S/C23H17ClFN3O2/c1-30-16-9-7-15(8-10-16)27-22-18-5-3-2-4-17(18)19(13-26-22)23(29)28-21-11-6-14(25)12-20(21)24/h2-13H,1H3,(H,26,27)(H,28,29). The van der Waals surface area contributed by atoms with Gasteiger partial charge >= 0.3 is 0 Å². The van der Waals surface area contributed by atoms with Crippen LogP contribution in [0.25, 0.3) is 10.8 Å². The summed E-state index contributed by atoms with van der Waals surface area (Å²) in [6.45, 7) is 0. The first-order valence-electron chi connectivity index (χ1n) is 9.10. The number of rotatable bonds is 5. The molecular formula is C23H17ClFN3O2. The molecule has 0 aliphatic carbocycles. The van der Waals surface area contributed by atoms with E-state index < -0.39 is 5.82 Å². The van der Waals surface area contributed by atoms with Crippen LogP contribution in [0.5, 0.6) is 5.75 Å². The van der Waals surface area contributed by atoms with E-state index in [1.807, 2.05) is 48.5 Å². The summed E-state index contributed by atoms with van der Waals surface area (Å²) in [5.74, 6) is 0.513. The largest absolute Gasteiger partial charge is 0.497 e. The summed E-state index contributed by atoms with van der Waals surface area (Å²) in [6, 6.07) is 18.7. The van der Waals surface area contributed by atoms with Crippen molar-refractivity contribution < 1.29 is 13.9 Å². The number of anilines is 3. The molecule has 30 heavy (non-hydrogen) atoms. The molecule has 2 N–H and O–H groups in total. The quantitative estimate of drug-likeness (QED) is 0.413. The lowest BCUT2D eigenvalue weighted by Crippen LogP contribution is -2.13. The van der Waals surface area contributed by atoms with Gasteiger partial charge in [0.2, 0.25) is 0 Å². The lowest BCUT2D eigenvalue weighted by atomic mass is 10.1. The number of nitrogens with zero attached hydrogens (tertiary/aromatic N) is 1. The second kappa shape index (κ2) is 8.39. The fourth-order valence-electron chi connectivity index (χ4n) is 3.06. The van der Waals surface area contributed by atoms with Crippen LogP contribution in [-0.4, -0.2) is 18.0 Å². The van der Waals surface area contributed by atoms with E-state index in [2.05, 4.69) is 15.6 Å². The Morgan fingerprint density at radius 3 is 2.47 bits per heavy atom. The monoisotopic (exact) mass is 421 g/mol. The smallest absolute Gasteiger partial charge is 0.257 e. The molecule has 0 saturated heterocycles. The second-order valence-electron chi connectivity index (χ2n) is 6.50. The molecular weight excluding hydrogens is 405 g/mol. The van der Waals surface area contributed by atoms with Crippen molar-refractivity contribution in [1.82, 2.24) is 4.98 Å². The SMILES string of the molecule is COc1ccc(Nc2ncc(C(=O)Nc3ccc(F)cc3Cl)c3ccccc23)cc1. The minimum Gasteiger partial charge on any atom is -0.497 e. The predicted molar refractivity (Wildman–Crippen MR) is 117 cm³/mol. The van der Waals surface area contributed by atoms with Crippen molar-refractivity contribution in [3.63, 3.8) is 0 Å². The highest BCUT2D eigenvalue weighted by atomic mass is 35.5. The average Bonchev–Trinajstić information content (AvgIpc) is 2.76. The van der Waals surface area contributed by atoms with Crippen molar-refractivity contribution in [3.8, 4) is 5.75 Å². The molecule has 0 atom stereocenters. The number of fused-ring (bicyclic) bond motifs is 1. The summed E-state index contributed by atoms with van der Waals surface area (Å²) in [5.41, 5.74) is 1.54. The minimum atomic E-state index is -0.473. The zero-order chi connectivity index (χ0) is 21.1. The zero-order valence-electron chi connectivity index (χ0n) is 15.9. The lowest BCUT2D eigenvalue weighted by molar-refractivity contribution is 0.102. The molecule has 3 aromatic carbocycles. The number of carbonyl (C=O) groups is 1. The van der Waals surface area contributed by atoms with Gasteiger partial charge in [-0.1, -0.05) is 35.9 Å². The number of hydrogen-bond acceptors (Lipinski definition) is 4. The molecule has 1 amide bonds. The van der Waals surface area contributed by atoms with Gasteiger partial charge in [-0.25, -0.2) is 9.37 Å². The first-order valence-corrected chi connectivity index (χ1v) is 9.48. The van der Waals surface area contributed by atoms with Crippen LogP contribution in [0.3, 0.4) is 0 Å². The van der Waals surface area contributed by atoms with E-state index in [9.17, 15) is 9.18 Å². The fourth-order valence-corrected chi connectivity index (χ4v) is 3.28. The van der Waals surface area contributed by atoms with Gasteiger partial charge in [0.15, 0.2) is 0 Å². The van der Waals surface area contributed by atoms with Gasteiger partial charge in [-0.15, -0.1) is 0 Å². The van der Waals surface area contributed by atoms with Crippen LogP contribution in [-0.2, 0) is 0 Å². The maximum Gasteiger partial charge on any atom is 0.257 e. The number of nitrogens with one attached hydrogen (secondary N) is 2. The van der Waals surface area contributed by atoms with Crippen LogP contribution in [0.2, 0.25) is 5.02 Å². The van der Waals surface area contributed by atoms with Crippen LogP contribution < -0.4 is 15.4 Å². The summed E-state index contributed by atoms with van der Waals surface area (Å²) < 4.78 is 18.4. The van der Waals surface area contributed by atoms with E-state index in [0.717, 1.165) is 28.3 Å². The van der Waals surface area contributed by atoms with E-state index in [1.165, 1.54) is 18.3 Å². The molecule has 1 aromatic heterocycles. The number of amides is 1. The molecule has 0 spiro atoms. The molecule has 5 nitrogen and oxygen atoms in total. The van der Waals surface area contributed by atoms with Gasteiger partial charge < -0.3 is 15.4 Å². The third-order valence-corrected chi connectivity index (χ3v) is 4.88. The van der Waals surface area contributed by atoms with Crippen molar-refractivity contribution in [2.75, 3.05) is 17.7 Å². The summed E-state index contributed by atoms with van der Waals surface area (Å²) in [5, 5.41) is 7.61. The molecule has 0 radical (unpaired) electrons. The van der Waals surface area contributed by atoms with Crippen molar-refractivity contribution in [3.05, 3.63) is 89.3 Å². The number of pyridine rings is 1. The maximum absolute atomic E-state index is 13.3. The number of hydrogen-bond donors (Lipinski definition) is 2. The molecule has 4 rings (SSSR count). The average molecular weight is 422 g/mol. The van der Waals surface area contributed by atoms with Crippen LogP contribution >= 0.6 is 11.6 Å². The molecule has 150 valence electrons. The Morgan fingerprint density at radius 1 is 1.03 bits per heavy atom. The highest BCUT2D eigenvalue weighted by Gasteiger charge is 2.15. The number of halogens is 2. The highest BCUT2D eigenvalue weighted by molar-refractivity contribution is 6.34. The molecule has 7 heteroatoms. The summed E-state index contributed by atoms with van der Waals surface area (Å²) >= 11 is 6.03. The van der Waals surface area contributed by atoms with Gasteiger partial charge in [0, 0.05) is 17.3 Å². The van der Waals surface area contributed by atoms with Crippen molar-refractivity contribution in [2.45, 2.75) is 0 Å². The van der Waals surface area contributed by atoms with Crippen molar-refractivity contribution in [2.24, 2.45) is 0 Å². The summed E-state index contributed by atoms with van der Waals surface area (Å²) in [6.07, 6.45) is 1.50. The van der Waals surface area contributed by atoms with E-state index in [4.69, 9.17) is 16.3 Å². The Kier molecular flexibility index (Phi) is 5.50. The molecule has 0 fully saturated rings. The van der Waals surface area contributed by atoms with E-state index >= 15 is 0 Å². The first kappa shape index (κ1) is 19.7. The normalized spacial score (nSPS) is 10.6. The highest BCUT2D eigenvalue weighted by Crippen LogP contribution is 2.29. The maximum atomic E-state index is 13.3. The Morgan fingerprint density at radius 2 is 1.77 bits per heavy atom. The van der Waals surface area contributed by atoms with Gasteiger partial charge in [-0.05, 0) is 47.9 Å². The summed E-state index contributed by atoms with van der Waals surface area (Å²) in [4.78, 5) is 17.3. The molecule has 0 aliphatic heterocycles. The van der Waals surface area contributed by atoms with Crippen LogP contribution in [0.1, 0.15) is 10.4 Å². The van der Waals surface area contributed by atoms with Crippen LogP contribution in [0.4, 0.5) is 21.6 Å². The van der Waals surface area contributed by atoms with Crippen LogP contribution in [0.15, 0.2) is 72.9 Å². The topological polar surface area (TPSA) is 63.2 Å². The Bertz CT molecular complexity index is 1230. The molecule has 0 unspecified atom stereocenters. The Balaban J connectivity index is 1.66. The number of aromatic nitrogens is 1. The van der Waals surface area contributed by atoms with Crippen LogP contribution in [0, 0.1) is 5.82 Å². The number of ether oxygens (including phenoxy) is 1. The van der Waals surface area contributed by atoms with E-state index in [-0.39, 0.29) is 10.9 Å². The number of benzene rings is 3. The van der Waals surface area contributed by atoms with Gasteiger partial charge in [0.1, 0.15) is 17.4 Å². The molecule has 0 saturated carbocycles. The third-order valence-electron chi connectivity index (χ3n) is 4.57. The predicted octanol–water partition coefficient (Wildman–Crippen LogP) is 6.03. The van der Waals surface area contributed by atoms with Gasteiger partial charge in [0.05, 0.1) is 23.4 Å². The second-order valence-corrected chi connectivity index (χ2v) is 6.91. The van der Waals surface area contributed by atoms with E-state index in [0.29, 0.717) is 17.1 Å². The van der Waals surface area contributed by atoms with Crippen molar-refractivity contribution in [1.29, 1.82) is 0 Å². The van der Waals surface area contributed by atoms with Gasteiger partial charge in [-0.3, -0.25) is 4.79 Å². The third kappa shape index (κ3) is 4.04. The molecule has 0 aliphatic rings.